The molecule has 0 saturated carbocycles. The summed E-state index contributed by atoms with van der Waals surface area (Å²) in [6.07, 6.45) is 4.90. The van der Waals surface area contributed by atoms with Crippen molar-refractivity contribution in [3.8, 4) is 0 Å². The van der Waals surface area contributed by atoms with E-state index in [9.17, 15) is 14.4 Å². The van der Waals surface area contributed by atoms with Crippen LogP contribution < -0.4 is 0 Å². The van der Waals surface area contributed by atoms with E-state index in [-0.39, 0.29) is 23.1 Å². The lowest BCUT2D eigenvalue weighted by atomic mass is 9.77. The van der Waals surface area contributed by atoms with Gasteiger partial charge in [-0.2, -0.15) is 0 Å². The smallest absolute Gasteiger partial charge is 0.338 e. The van der Waals surface area contributed by atoms with Gasteiger partial charge in [-0.3, -0.25) is 9.59 Å². The summed E-state index contributed by atoms with van der Waals surface area (Å²) < 4.78 is 5.17. The molecule has 0 bridgehead atoms. The van der Waals surface area contributed by atoms with Gasteiger partial charge in [-0.25, -0.2) is 4.79 Å². The number of benzene rings is 1. The monoisotopic (exact) mass is 422 g/mol. The molecule has 4 aliphatic rings. The van der Waals surface area contributed by atoms with E-state index >= 15 is 0 Å². The number of cyclic esters (lactones) is 1. The highest BCUT2D eigenvalue weighted by molar-refractivity contribution is 5.99. The molecule has 2 fully saturated rings. The van der Waals surface area contributed by atoms with E-state index < -0.39 is 0 Å². The third-order valence-electron chi connectivity index (χ3n) is 7.98. The molecule has 31 heavy (non-hydrogen) atoms. The Kier molecular flexibility index (Phi) is 5.00. The van der Waals surface area contributed by atoms with Crippen molar-refractivity contribution in [1.82, 2.24) is 9.80 Å². The summed E-state index contributed by atoms with van der Waals surface area (Å²) in [4.78, 5) is 40.9. The molecule has 164 valence electrons. The number of nitrogens with zero attached hydrogens (tertiary/aromatic N) is 2. The first-order chi connectivity index (χ1) is 14.9. The Balaban J connectivity index is 1.19. The number of Topliss-reactive ketones (excluding diaryl/α,β-unsaturated/α-hetero) is 1. The highest BCUT2D eigenvalue weighted by Crippen LogP contribution is 2.44. The van der Waals surface area contributed by atoms with Crippen molar-refractivity contribution in [3.05, 3.63) is 45.7 Å². The molecule has 2 saturated heterocycles. The van der Waals surface area contributed by atoms with Gasteiger partial charge in [0.25, 0.3) is 0 Å². The van der Waals surface area contributed by atoms with E-state index in [0.29, 0.717) is 25.0 Å². The summed E-state index contributed by atoms with van der Waals surface area (Å²) in [6, 6.07) is 3.97. The van der Waals surface area contributed by atoms with Crippen molar-refractivity contribution in [2.75, 3.05) is 26.2 Å². The SMILES string of the molecule is CC1=C(N2CC3(CCN(CCc4ccc5c(c4C)COC5=O)CC3)CC2=O)CCC1=O. The number of allylic oxidation sites excluding steroid dienone is 2. The number of ketones is 1. The molecule has 1 aromatic carbocycles. The van der Waals surface area contributed by atoms with Crippen molar-refractivity contribution in [3.63, 3.8) is 0 Å². The van der Waals surface area contributed by atoms with E-state index in [4.69, 9.17) is 4.74 Å². The van der Waals surface area contributed by atoms with Crippen molar-refractivity contribution < 1.29 is 19.1 Å². The first-order valence-corrected chi connectivity index (χ1v) is 11.4. The number of rotatable bonds is 4. The van der Waals surface area contributed by atoms with Crippen LogP contribution in [-0.4, -0.2) is 53.6 Å². The average molecular weight is 423 g/mol. The molecule has 3 heterocycles. The maximum absolute atomic E-state index is 12.8. The summed E-state index contributed by atoms with van der Waals surface area (Å²) >= 11 is 0. The lowest BCUT2D eigenvalue weighted by molar-refractivity contribution is -0.126. The van der Waals surface area contributed by atoms with Crippen LogP contribution in [0, 0.1) is 12.3 Å². The molecule has 0 N–H and O–H groups in total. The Morgan fingerprint density at radius 1 is 1.06 bits per heavy atom. The highest BCUT2D eigenvalue weighted by Gasteiger charge is 2.46. The second kappa shape index (κ2) is 7.59. The minimum Gasteiger partial charge on any atom is -0.457 e. The number of likely N-dealkylation sites (tertiary alicyclic amines) is 2. The number of amides is 1. The molecule has 1 aromatic rings. The third kappa shape index (κ3) is 3.51. The maximum atomic E-state index is 12.8. The van der Waals surface area contributed by atoms with E-state index in [1.165, 1.54) is 11.1 Å². The predicted molar refractivity (Wildman–Crippen MR) is 115 cm³/mol. The molecule has 0 aromatic heterocycles. The third-order valence-corrected chi connectivity index (χ3v) is 7.98. The number of hydrogen-bond acceptors (Lipinski definition) is 5. The first-order valence-electron chi connectivity index (χ1n) is 11.4. The molecule has 1 amide bonds. The number of piperidine rings is 1. The zero-order valence-electron chi connectivity index (χ0n) is 18.5. The van der Waals surface area contributed by atoms with Crippen LogP contribution in [0.4, 0.5) is 0 Å². The fourth-order valence-electron chi connectivity index (χ4n) is 5.78. The molecule has 0 unspecified atom stereocenters. The van der Waals surface area contributed by atoms with Crippen LogP contribution in [0.3, 0.4) is 0 Å². The van der Waals surface area contributed by atoms with Gasteiger partial charge in [0.2, 0.25) is 5.91 Å². The van der Waals surface area contributed by atoms with Gasteiger partial charge in [-0.1, -0.05) is 6.07 Å². The average Bonchev–Trinajstić information content (AvgIpc) is 3.40. The van der Waals surface area contributed by atoms with Crippen molar-refractivity contribution in [2.45, 2.75) is 59.0 Å². The van der Waals surface area contributed by atoms with Crippen LogP contribution in [0.25, 0.3) is 0 Å². The molecule has 6 nitrogen and oxygen atoms in total. The lowest BCUT2D eigenvalue weighted by Crippen LogP contribution is -2.42. The van der Waals surface area contributed by atoms with Crippen LogP contribution in [0.2, 0.25) is 0 Å². The summed E-state index contributed by atoms with van der Waals surface area (Å²) in [7, 11) is 0. The number of ether oxygens (including phenoxy) is 1. The van der Waals surface area contributed by atoms with Crippen molar-refractivity contribution in [1.29, 1.82) is 0 Å². The van der Waals surface area contributed by atoms with Crippen LogP contribution >= 0.6 is 0 Å². The maximum Gasteiger partial charge on any atom is 0.338 e. The summed E-state index contributed by atoms with van der Waals surface area (Å²) in [5, 5.41) is 0. The fraction of sp³-hybridized carbons (Fsp3) is 0.560. The Bertz CT molecular complexity index is 1000. The molecule has 6 heteroatoms. The molecule has 3 aliphatic heterocycles. The minimum atomic E-state index is -0.209. The van der Waals surface area contributed by atoms with Gasteiger partial charge in [0, 0.05) is 42.8 Å². The van der Waals surface area contributed by atoms with Crippen LogP contribution in [-0.2, 0) is 27.4 Å². The molecule has 1 spiro atoms. The van der Waals surface area contributed by atoms with Crippen molar-refractivity contribution >= 4 is 17.7 Å². The van der Waals surface area contributed by atoms with Gasteiger partial charge in [0.1, 0.15) is 6.61 Å². The topological polar surface area (TPSA) is 66.9 Å². The molecular formula is C25H30N2O4. The second-order valence-electron chi connectivity index (χ2n) is 9.70. The van der Waals surface area contributed by atoms with Gasteiger partial charge >= 0.3 is 5.97 Å². The Labute approximate surface area is 183 Å². The van der Waals surface area contributed by atoms with Crippen molar-refractivity contribution in [2.24, 2.45) is 5.41 Å². The molecule has 5 rings (SSSR count). The number of fused-ring (bicyclic) bond motifs is 1. The van der Waals surface area contributed by atoms with Gasteiger partial charge in [-0.05, 0) is 75.2 Å². The number of carbonyl (C=O) groups is 3. The number of esters is 1. The van der Waals surface area contributed by atoms with Crippen LogP contribution in [0.1, 0.15) is 66.1 Å². The first kappa shape index (κ1) is 20.4. The van der Waals surface area contributed by atoms with Crippen LogP contribution in [0.5, 0.6) is 0 Å². The lowest BCUT2D eigenvalue weighted by Gasteiger charge is -2.39. The second-order valence-corrected chi connectivity index (χ2v) is 9.70. The van der Waals surface area contributed by atoms with Gasteiger partial charge in [-0.15, -0.1) is 0 Å². The summed E-state index contributed by atoms with van der Waals surface area (Å²) in [5.74, 6) is 0.179. The zero-order valence-corrected chi connectivity index (χ0v) is 18.5. The molecule has 0 radical (unpaired) electrons. The summed E-state index contributed by atoms with van der Waals surface area (Å²) in [5.41, 5.74) is 6.05. The standard InChI is InChI=1S/C25H30N2O4/c1-16-18(3-4-19-20(16)14-31-24(19)30)7-10-26-11-8-25(9-12-26)13-23(29)27(15-25)21-5-6-22(28)17(21)2/h3-4H,5-15H2,1-2H3. The van der Waals surface area contributed by atoms with E-state index in [1.807, 2.05) is 17.9 Å². The zero-order chi connectivity index (χ0) is 21.8. The highest BCUT2D eigenvalue weighted by atomic mass is 16.5. The van der Waals surface area contributed by atoms with Gasteiger partial charge in [0.05, 0.1) is 5.56 Å². The quantitative estimate of drug-likeness (QED) is 0.698. The number of carbonyl (C=O) groups excluding carboxylic acids is 3. The minimum absolute atomic E-state index is 0.0632. The molecule has 1 aliphatic carbocycles. The normalized spacial score (nSPS) is 23.3. The largest absolute Gasteiger partial charge is 0.457 e. The molecule has 0 atom stereocenters. The van der Waals surface area contributed by atoms with Crippen LogP contribution in [0.15, 0.2) is 23.4 Å². The van der Waals surface area contributed by atoms with E-state index in [1.54, 1.807) is 0 Å². The van der Waals surface area contributed by atoms with Gasteiger partial charge < -0.3 is 14.5 Å². The predicted octanol–water partition coefficient (Wildman–Crippen LogP) is 3.16. The van der Waals surface area contributed by atoms with E-state index in [2.05, 4.69) is 17.9 Å². The Hall–Kier alpha value is -2.47. The number of hydrogen-bond donors (Lipinski definition) is 0. The molecular weight excluding hydrogens is 392 g/mol. The van der Waals surface area contributed by atoms with Gasteiger partial charge in [0.15, 0.2) is 5.78 Å². The fourth-order valence-corrected chi connectivity index (χ4v) is 5.78. The summed E-state index contributed by atoms with van der Waals surface area (Å²) in [6.45, 7) is 8.12. The Morgan fingerprint density at radius 2 is 1.84 bits per heavy atom. The van der Waals surface area contributed by atoms with E-state index in [0.717, 1.165) is 68.7 Å². The Morgan fingerprint density at radius 3 is 2.55 bits per heavy atom.